The molecule has 0 saturated carbocycles. The lowest BCUT2D eigenvalue weighted by atomic mass is 9.96. The van der Waals surface area contributed by atoms with E-state index in [-0.39, 0.29) is 37.1 Å². The second-order valence-electron chi connectivity index (χ2n) is 8.14. The van der Waals surface area contributed by atoms with Crippen LogP contribution in [0.5, 0.6) is 0 Å². The Hall–Kier alpha value is -4.01. The Kier molecular flexibility index (Phi) is 5.16. The highest BCUT2D eigenvalue weighted by Gasteiger charge is 2.35. The monoisotopic (exact) mass is 446 g/mol. The van der Waals surface area contributed by atoms with Crippen LogP contribution in [0.25, 0.3) is 22.4 Å². The van der Waals surface area contributed by atoms with Crippen LogP contribution in [0.2, 0.25) is 0 Å². The van der Waals surface area contributed by atoms with Crippen LogP contribution in [-0.2, 0) is 20.9 Å². The number of hydrogen-bond acceptors (Lipinski definition) is 6. The fourth-order valence-electron chi connectivity index (χ4n) is 4.52. The number of hydrogen-bond donors (Lipinski definition) is 1. The van der Waals surface area contributed by atoms with Gasteiger partial charge in [-0.1, -0.05) is 18.2 Å². The molecule has 9 nitrogen and oxygen atoms in total. The molecule has 33 heavy (non-hydrogen) atoms. The molecule has 2 aliphatic rings. The molecule has 2 aliphatic heterocycles. The van der Waals surface area contributed by atoms with E-state index in [4.69, 9.17) is 9.72 Å². The summed E-state index contributed by atoms with van der Waals surface area (Å²) in [5, 5.41) is 2.90. The number of amides is 2. The minimum Gasteiger partial charge on any atom is -0.468 e. The highest BCUT2D eigenvalue weighted by atomic mass is 16.5. The van der Waals surface area contributed by atoms with Crippen LogP contribution in [0.1, 0.15) is 27.1 Å². The van der Waals surface area contributed by atoms with Crippen molar-refractivity contribution >= 4 is 34.6 Å². The number of imidazole rings is 1. The summed E-state index contributed by atoms with van der Waals surface area (Å²) in [4.78, 5) is 55.9. The van der Waals surface area contributed by atoms with E-state index < -0.39 is 11.9 Å². The molecular weight excluding hydrogens is 424 g/mol. The fraction of sp³-hybridized carbons (Fsp3) is 0.292. The molecule has 1 unspecified atom stereocenters. The molecule has 0 radical (unpaired) electrons. The summed E-state index contributed by atoms with van der Waals surface area (Å²) in [6, 6.07) is 12.6. The first-order chi connectivity index (χ1) is 16.0. The van der Waals surface area contributed by atoms with Gasteiger partial charge in [0.2, 0.25) is 0 Å². The number of carbonyl (C=O) groups excluding carboxylic acids is 4. The molecule has 1 saturated heterocycles. The van der Waals surface area contributed by atoms with E-state index in [2.05, 4.69) is 5.32 Å². The van der Waals surface area contributed by atoms with Gasteiger partial charge in [-0.2, -0.15) is 0 Å². The van der Waals surface area contributed by atoms with Crippen LogP contribution >= 0.6 is 0 Å². The number of ether oxygens (including phenoxy) is 1. The third-order valence-corrected chi connectivity index (χ3v) is 6.19. The number of nitrogens with one attached hydrogen (secondary N) is 1. The first kappa shape index (κ1) is 20.9. The van der Waals surface area contributed by atoms with E-state index in [0.717, 1.165) is 11.1 Å². The van der Waals surface area contributed by atoms with E-state index in [0.29, 0.717) is 35.6 Å². The Bertz CT molecular complexity index is 1300. The largest absolute Gasteiger partial charge is 0.468 e. The van der Waals surface area contributed by atoms with Crippen molar-refractivity contribution in [2.45, 2.75) is 13.0 Å². The van der Waals surface area contributed by atoms with Gasteiger partial charge in [0.05, 0.1) is 23.7 Å². The number of aromatic nitrogens is 2. The quantitative estimate of drug-likeness (QED) is 0.484. The van der Waals surface area contributed by atoms with Crippen molar-refractivity contribution in [1.82, 2.24) is 19.8 Å². The molecule has 0 aliphatic carbocycles. The summed E-state index contributed by atoms with van der Waals surface area (Å²) < 4.78 is 6.72. The highest BCUT2D eigenvalue weighted by molar-refractivity contribution is 6.06. The topological polar surface area (TPSA) is 111 Å². The third kappa shape index (κ3) is 3.55. The van der Waals surface area contributed by atoms with Gasteiger partial charge in [-0.05, 0) is 24.3 Å². The molecule has 1 atom stereocenters. The number of benzene rings is 2. The van der Waals surface area contributed by atoms with Gasteiger partial charge in [0, 0.05) is 43.7 Å². The van der Waals surface area contributed by atoms with E-state index in [1.54, 1.807) is 30.3 Å². The van der Waals surface area contributed by atoms with E-state index in [1.807, 2.05) is 16.7 Å². The lowest BCUT2D eigenvalue weighted by molar-refractivity contribution is -0.151. The molecule has 1 fully saturated rings. The molecule has 2 amide bonds. The third-order valence-electron chi connectivity index (χ3n) is 6.19. The number of piperidine rings is 1. The molecule has 0 bridgehead atoms. The molecular formula is C24H22N4O5. The first-order valence-corrected chi connectivity index (χ1v) is 10.8. The molecule has 1 N–H and O–H groups in total. The van der Waals surface area contributed by atoms with Crippen molar-refractivity contribution in [3.63, 3.8) is 0 Å². The Balaban J connectivity index is 1.50. The van der Waals surface area contributed by atoms with Gasteiger partial charge in [-0.3, -0.25) is 19.2 Å². The highest BCUT2D eigenvalue weighted by Crippen LogP contribution is 2.29. The molecule has 9 heteroatoms. The molecule has 3 heterocycles. The summed E-state index contributed by atoms with van der Waals surface area (Å²) in [5.74, 6) is -1.50. The summed E-state index contributed by atoms with van der Waals surface area (Å²) in [6.45, 7) is 1.29. The molecule has 168 valence electrons. The Morgan fingerprint density at radius 3 is 2.76 bits per heavy atom. The van der Waals surface area contributed by atoms with Crippen molar-refractivity contribution < 1.29 is 23.9 Å². The van der Waals surface area contributed by atoms with Crippen molar-refractivity contribution in [2.75, 3.05) is 26.7 Å². The molecule has 0 spiro atoms. The predicted octanol–water partition coefficient (Wildman–Crippen LogP) is 1.65. The number of para-hydroxylation sites is 1. The van der Waals surface area contributed by atoms with Crippen LogP contribution in [0.3, 0.4) is 0 Å². The summed E-state index contributed by atoms with van der Waals surface area (Å²) in [5.41, 5.74) is 3.24. The first-order valence-electron chi connectivity index (χ1n) is 10.8. The van der Waals surface area contributed by atoms with Gasteiger partial charge in [0.1, 0.15) is 11.7 Å². The minimum atomic E-state index is -0.954. The Labute approximate surface area is 189 Å². The maximum absolute atomic E-state index is 13.2. The van der Waals surface area contributed by atoms with Crippen LogP contribution in [0.4, 0.5) is 0 Å². The van der Waals surface area contributed by atoms with Gasteiger partial charge in [-0.25, -0.2) is 4.98 Å². The van der Waals surface area contributed by atoms with Crippen LogP contribution < -0.4 is 5.32 Å². The van der Waals surface area contributed by atoms with Crippen LogP contribution in [-0.4, -0.2) is 64.8 Å². The lowest BCUT2D eigenvalue weighted by Crippen LogP contribution is -2.47. The van der Waals surface area contributed by atoms with Crippen LogP contribution in [0, 0.1) is 5.92 Å². The number of likely N-dealkylation sites (tertiary alicyclic amines) is 1. The van der Waals surface area contributed by atoms with Crippen molar-refractivity contribution in [1.29, 1.82) is 0 Å². The van der Waals surface area contributed by atoms with E-state index in [1.165, 1.54) is 12.0 Å². The van der Waals surface area contributed by atoms with Crippen molar-refractivity contribution in [3.8, 4) is 11.4 Å². The van der Waals surface area contributed by atoms with Crippen molar-refractivity contribution in [3.05, 3.63) is 53.6 Å². The zero-order chi connectivity index (χ0) is 23.1. The number of Topliss-reactive ketones (excluding diaryl/α,β-unsaturated/α-hetero) is 1. The number of esters is 1. The zero-order valence-electron chi connectivity index (χ0n) is 18.0. The average Bonchev–Trinajstić information content (AvgIpc) is 3.13. The van der Waals surface area contributed by atoms with E-state index in [9.17, 15) is 19.2 Å². The van der Waals surface area contributed by atoms with E-state index >= 15 is 0 Å². The van der Waals surface area contributed by atoms with Gasteiger partial charge < -0.3 is 19.5 Å². The number of rotatable bonds is 3. The summed E-state index contributed by atoms with van der Waals surface area (Å²) in [7, 11) is 1.23. The minimum absolute atomic E-state index is 0.00419. The fourth-order valence-corrected chi connectivity index (χ4v) is 4.52. The van der Waals surface area contributed by atoms with Crippen molar-refractivity contribution in [2.24, 2.45) is 5.92 Å². The second kappa shape index (κ2) is 8.16. The second-order valence-corrected chi connectivity index (χ2v) is 8.14. The van der Waals surface area contributed by atoms with Gasteiger partial charge in [0.15, 0.2) is 5.78 Å². The molecule has 2 aromatic carbocycles. The van der Waals surface area contributed by atoms with Gasteiger partial charge in [-0.15, -0.1) is 0 Å². The van der Waals surface area contributed by atoms with Gasteiger partial charge in [0.25, 0.3) is 11.8 Å². The standard InChI is InChI=1S/C24H22N4O5/c1-33-24(32)17-13-27(10-8-19(17)29)23(31)15-5-2-4-14(12-15)21-26-18-7-3-6-16-20(18)28(21)11-9-25-22(16)30/h2-7,12,17H,8-11,13H2,1H3,(H,25,30). The Morgan fingerprint density at radius 2 is 1.94 bits per heavy atom. The number of methoxy groups -OCH3 is 1. The maximum atomic E-state index is 13.2. The number of carbonyl (C=O) groups is 4. The zero-order valence-corrected chi connectivity index (χ0v) is 18.0. The molecule has 3 aromatic rings. The smallest absolute Gasteiger partial charge is 0.318 e. The summed E-state index contributed by atoms with van der Waals surface area (Å²) in [6.07, 6.45) is 0.116. The number of ketones is 1. The predicted molar refractivity (Wildman–Crippen MR) is 119 cm³/mol. The normalized spacial score (nSPS) is 18.1. The molecule has 1 aromatic heterocycles. The lowest BCUT2D eigenvalue weighted by Gasteiger charge is -2.30. The van der Waals surface area contributed by atoms with Gasteiger partial charge >= 0.3 is 5.97 Å². The molecule has 5 rings (SSSR count). The Morgan fingerprint density at radius 1 is 1.12 bits per heavy atom. The SMILES string of the molecule is COC(=O)C1CN(C(=O)c2cccc(-c3nc4cccc5c4n3CCNC5=O)c2)CCC1=O. The maximum Gasteiger partial charge on any atom is 0.318 e. The van der Waals surface area contributed by atoms with Crippen LogP contribution in [0.15, 0.2) is 42.5 Å². The number of nitrogens with zero attached hydrogens (tertiary/aromatic N) is 3. The average molecular weight is 446 g/mol. The summed E-state index contributed by atoms with van der Waals surface area (Å²) >= 11 is 0.